The fraction of sp³-hybridized carbons (Fsp3) is 0.423. The lowest BCUT2D eigenvalue weighted by Gasteiger charge is -2.27. The van der Waals surface area contributed by atoms with Crippen LogP contribution in [-0.4, -0.2) is 24.3 Å². The van der Waals surface area contributed by atoms with E-state index >= 15 is 0 Å². The van der Waals surface area contributed by atoms with Crippen molar-refractivity contribution in [1.29, 1.82) is 0 Å². The number of nitrogens with one attached hydrogen (secondary N) is 3. The van der Waals surface area contributed by atoms with Gasteiger partial charge in [-0.25, -0.2) is 0 Å². The van der Waals surface area contributed by atoms with Crippen molar-refractivity contribution in [1.82, 2.24) is 10.9 Å². The number of rotatable bonds is 7. The molecule has 2 aromatic carbocycles. The van der Waals surface area contributed by atoms with Gasteiger partial charge in [0.2, 0.25) is 11.8 Å². The van der Waals surface area contributed by atoms with Crippen molar-refractivity contribution in [3.05, 3.63) is 57.6 Å². The minimum absolute atomic E-state index is 0.0157. The maximum absolute atomic E-state index is 12.2. The second kappa shape index (κ2) is 11.8. The third-order valence-electron chi connectivity index (χ3n) is 5.14. The van der Waals surface area contributed by atoms with Gasteiger partial charge in [0.05, 0.1) is 10.7 Å². The third kappa shape index (κ3) is 9.07. The van der Waals surface area contributed by atoms with Crippen molar-refractivity contribution in [2.75, 3.05) is 11.9 Å². The number of carbonyl (C=O) groups excluding carboxylic acids is 3. The number of halogens is 2. The highest BCUT2D eigenvalue weighted by Crippen LogP contribution is 2.35. The van der Waals surface area contributed by atoms with E-state index in [4.69, 9.17) is 27.9 Å². The molecule has 3 N–H and O–H groups in total. The molecule has 9 heteroatoms. The van der Waals surface area contributed by atoms with Gasteiger partial charge in [-0.05, 0) is 46.2 Å². The molecule has 190 valence electrons. The lowest BCUT2D eigenvalue weighted by atomic mass is 9.80. The molecular weight excluding hydrogens is 489 g/mol. The van der Waals surface area contributed by atoms with Crippen molar-refractivity contribution in [2.24, 2.45) is 0 Å². The molecule has 2 rings (SSSR count). The number of hydrogen-bond donors (Lipinski definition) is 3. The Bertz CT molecular complexity index is 1090. The van der Waals surface area contributed by atoms with Gasteiger partial charge in [0.15, 0.2) is 6.61 Å². The molecule has 0 aliphatic carbocycles. The van der Waals surface area contributed by atoms with E-state index in [9.17, 15) is 14.4 Å². The number of ether oxygens (including phenoxy) is 1. The molecule has 0 radical (unpaired) electrons. The monoisotopic (exact) mass is 521 g/mol. The highest BCUT2D eigenvalue weighted by molar-refractivity contribution is 6.36. The summed E-state index contributed by atoms with van der Waals surface area (Å²) in [6.45, 7) is 12.4. The predicted octanol–water partition coefficient (Wildman–Crippen LogP) is 5.53. The van der Waals surface area contributed by atoms with E-state index in [0.29, 0.717) is 21.5 Å². The third-order valence-corrected chi connectivity index (χ3v) is 5.69. The van der Waals surface area contributed by atoms with Gasteiger partial charge in [0.1, 0.15) is 5.75 Å². The van der Waals surface area contributed by atoms with Crippen LogP contribution in [0.1, 0.15) is 65.5 Å². The Morgan fingerprint density at radius 2 is 1.43 bits per heavy atom. The summed E-state index contributed by atoms with van der Waals surface area (Å²) in [6.07, 6.45) is -0.215. The zero-order chi connectivity index (χ0) is 26.4. The van der Waals surface area contributed by atoms with Gasteiger partial charge < -0.3 is 10.1 Å². The first-order valence-electron chi connectivity index (χ1n) is 11.3. The zero-order valence-electron chi connectivity index (χ0n) is 21.0. The summed E-state index contributed by atoms with van der Waals surface area (Å²) in [5, 5.41) is 3.35. The van der Waals surface area contributed by atoms with Gasteiger partial charge in [0.25, 0.3) is 5.91 Å². The summed E-state index contributed by atoms with van der Waals surface area (Å²) in [4.78, 5) is 36.3. The average molecular weight is 522 g/mol. The summed E-state index contributed by atoms with van der Waals surface area (Å²) in [7, 11) is 0. The van der Waals surface area contributed by atoms with Crippen molar-refractivity contribution in [3.63, 3.8) is 0 Å². The van der Waals surface area contributed by atoms with Gasteiger partial charge in [-0.15, -0.1) is 0 Å². The molecular formula is C26H33Cl2N3O4. The molecule has 0 saturated carbocycles. The number of benzene rings is 2. The number of hydrazine groups is 1. The van der Waals surface area contributed by atoms with Crippen molar-refractivity contribution in [2.45, 2.75) is 65.2 Å². The van der Waals surface area contributed by atoms with Crippen LogP contribution in [0.2, 0.25) is 10.0 Å². The van der Waals surface area contributed by atoms with Gasteiger partial charge >= 0.3 is 0 Å². The van der Waals surface area contributed by atoms with Crippen molar-refractivity contribution < 1.29 is 19.1 Å². The van der Waals surface area contributed by atoms with Crippen LogP contribution >= 0.6 is 23.2 Å². The second-order valence-electron chi connectivity index (χ2n) is 10.3. The average Bonchev–Trinajstić information content (AvgIpc) is 2.75. The quantitative estimate of drug-likeness (QED) is 0.417. The van der Waals surface area contributed by atoms with Crippen molar-refractivity contribution in [3.8, 4) is 5.75 Å². The molecule has 0 aliphatic rings. The van der Waals surface area contributed by atoms with Gasteiger partial charge in [-0.3, -0.25) is 25.2 Å². The first-order valence-corrected chi connectivity index (χ1v) is 12.0. The van der Waals surface area contributed by atoms with Crippen LogP contribution in [0.15, 0.2) is 36.4 Å². The molecule has 2 aromatic rings. The maximum Gasteiger partial charge on any atom is 0.276 e. The SMILES string of the molecule is CC(C)(C)c1ccc(OCC(=O)NNC(=O)CCC(=O)Nc2ccc(Cl)cc2Cl)c(C(C)(C)C)c1. The van der Waals surface area contributed by atoms with Crippen LogP contribution in [-0.2, 0) is 25.2 Å². The number of anilines is 1. The van der Waals surface area contributed by atoms with E-state index in [1.807, 2.05) is 12.1 Å². The summed E-state index contributed by atoms with van der Waals surface area (Å²) in [5.74, 6) is -0.812. The molecule has 0 heterocycles. The van der Waals surface area contributed by atoms with E-state index in [2.05, 4.69) is 63.8 Å². The lowest BCUT2D eigenvalue weighted by molar-refractivity contribution is -0.130. The van der Waals surface area contributed by atoms with Crippen molar-refractivity contribution >= 4 is 46.6 Å². The molecule has 3 amide bonds. The number of carbonyl (C=O) groups is 3. The minimum Gasteiger partial charge on any atom is -0.483 e. The van der Waals surface area contributed by atoms with Crippen LogP contribution in [0.25, 0.3) is 0 Å². The molecule has 35 heavy (non-hydrogen) atoms. The van der Waals surface area contributed by atoms with Gasteiger partial charge in [0, 0.05) is 17.9 Å². The predicted molar refractivity (Wildman–Crippen MR) is 140 cm³/mol. The second-order valence-corrected chi connectivity index (χ2v) is 11.1. The van der Waals surface area contributed by atoms with E-state index in [1.54, 1.807) is 12.1 Å². The molecule has 0 aromatic heterocycles. The van der Waals surface area contributed by atoms with Gasteiger partial charge in [-0.2, -0.15) is 0 Å². The summed E-state index contributed by atoms with van der Waals surface area (Å²) >= 11 is 11.8. The Morgan fingerprint density at radius 1 is 0.800 bits per heavy atom. The van der Waals surface area contributed by atoms with Crippen LogP contribution in [0.4, 0.5) is 5.69 Å². The van der Waals surface area contributed by atoms with Gasteiger partial charge in [-0.1, -0.05) is 76.9 Å². The normalized spacial score (nSPS) is 11.5. The smallest absolute Gasteiger partial charge is 0.276 e. The minimum atomic E-state index is -0.518. The largest absolute Gasteiger partial charge is 0.483 e. The highest BCUT2D eigenvalue weighted by atomic mass is 35.5. The summed E-state index contributed by atoms with van der Waals surface area (Å²) in [5.41, 5.74) is 6.96. The Balaban J connectivity index is 1.82. The summed E-state index contributed by atoms with van der Waals surface area (Å²) in [6, 6.07) is 10.6. The Morgan fingerprint density at radius 3 is 2.03 bits per heavy atom. The fourth-order valence-electron chi connectivity index (χ4n) is 3.12. The van der Waals surface area contributed by atoms with Crippen LogP contribution in [0, 0.1) is 0 Å². The van der Waals surface area contributed by atoms with E-state index in [-0.39, 0.29) is 30.3 Å². The lowest BCUT2D eigenvalue weighted by Crippen LogP contribution is -2.44. The first-order chi connectivity index (χ1) is 16.2. The summed E-state index contributed by atoms with van der Waals surface area (Å²) < 4.78 is 5.76. The van der Waals surface area contributed by atoms with E-state index < -0.39 is 17.7 Å². The number of amides is 3. The molecule has 0 unspecified atom stereocenters. The number of hydrogen-bond acceptors (Lipinski definition) is 4. The van der Waals surface area contributed by atoms with E-state index in [1.165, 1.54) is 11.6 Å². The maximum atomic E-state index is 12.2. The van der Waals surface area contributed by atoms with Crippen LogP contribution in [0.5, 0.6) is 5.75 Å². The van der Waals surface area contributed by atoms with E-state index in [0.717, 1.165) is 5.56 Å². The Kier molecular flexibility index (Phi) is 9.58. The molecule has 0 fully saturated rings. The van der Waals surface area contributed by atoms with Crippen LogP contribution in [0.3, 0.4) is 0 Å². The fourth-order valence-corrected chi connectivity index (χ4v) is 3.58. The highest BCUT2D eigenvalue weighted by Gasteiger charge is 2.23. The Hall–Kier alpha value is -2.77. The topological polar surface area (TPSA) is 96.5 Å². The Labute approximate surface area is 216 Å². The standard InChI is InChI=1S/C26H33Cl2N3O4/c1-25(2,3)16-7-10-21(18(13-16)26(4,5)6)35-15-24(34)31-30-23(33)12-11-22(32)29-20-9-8-17(27)14-19(20)28/h7-10,13-14H,11-12,15H2,1-6H3,(H,29,32)(H,30,33)(H,31,34). The zero-order valence-corrected chi connectivity index (χ0v) is 22.5. The first kappa shape index (κ1) is 28.5. The molecule has 0 bridgehead atoms. The molecule has 0 spiro atoms. The molecule has 7 nitrogen and oxygen atoms in total. The molecule has 0 atom stereocenters. The molecule has 0 saturated heterocycles. The molecule has 0 aliphatic heterocycles. The van der Waals surface area contributed by atoms with Crippen LogP contribution < -0.4 is 20.9 Å².